The smallest absolute Gasteiger partial charge is 0.125 e. The first-order valence-corrected chi connectivity index (χ1v) is 8.82. The van der Waals surface area contributed by atoms with E-state index in [0.717, 1.165) is 27.9 Å². The van der Waals surface area contributed by atoms with Crippen molar-refractivity contribution in [2.45, 2.75) is 32.9 Å². The normalized spacial score (nSPS) is 22.2. The van der Waals surface area contributed by atoms with Gasteiger partial charge in [0.1, 0.15) is 29.5 Å². The van der Waals surface area contributed by atoms with Gasteiger partial charge in [0, 0.05) is 17.8 Å². The van der Waals surface area contributed by atoms with Crippen LogP contribution in [0.3, 0.4) is 0 Å². The van der Waals surface area contributed by atoms with Gasteiger partial charge in [0.15, 0.2) is 0 Å². The monoisotopic (exact) mass is 348 g/mol. The molecule has 0 aromatic heterocycles. The lowest BCUT2D eigenvalue weighted by Gasteiger charge is -2.33. The first-order chi connectivity index (χ1) is 12.4. The quantitative estimate of drug-likeness (QED) is 0.896. The zero-order valence-electron chi connectivity index (χ0n) is 15.6. The highest BCUT2D eigenvalue weighted by atomic mass is 16.5. The van der Waals surface area contributed by atoms with Crippen LogP contribution in [0.2, 0.25) is 0 Å². The number of nitrogens with two attached hydrogens (primary N) is 1. The van der Waals surface area contributed by atoms with Crippen molar-refractivity contribution in [1.29, 1.82) is 0 Å². The molecule has 26 heavy (non-hydrogen) atoms. The summed E-state index contributed by atoms with van der Waals surface area (Å²) >= 11 is 0. The van der Waals surface area contributed by atoms with Crippen molar-refractivity contribution in [3.05, 3.63) is 54.4 Å². The molecule has 2 N–H and O–H groups in total. The number of rotatable bonds is 2. The first kappa shape index (κ1) is 16.6. The Bertz CT molecular complexity index is 952. The molecule has 134 valence electrons. The van der Waals surface area contributed by atoms with Crippen LogP contribution < -0.4 is 10.5 Å². The maximum Gasteiger partial charge on any atom is 0.125 e. The molecule has 0 bridgehead atoms. The molecule has 0 aliphatic carbocycles. The standard InChI is InChI=1S/C21H24N4O/c1-21(2,3)20-24-17(18-19(22)23-9-10-25(18)20)15-6-5-14-12-16(26-4)8-7-13(14)11-15/h5-12,17-18H,1-4H3,(H2,22,23). The van der Waals surface area contributed by atoms with E-state index in [-0.39, 0.29) is 17.5 Å². The number of aliphatic imine (C=N–C) groups is 2. The number of hydrogen-bond acceptors (Lipinski definition) is 5. The summed E-state index contributed by atoms with van der Waals surface area (Å²) in [4.78, 5) is 11.6. The molecular weight excluding hydrogens is 324 g/mol. The molecule has 0 saturated carbocycles. The van der Waals surface area contributed by atoms with E-state index in [0.29, 0.717) is 5.84 Å². The highest BCUT2D eigenvalue weighted by Gasteiger charge is 2.43. The lowest BCUT2D eigenvalue weighted by atomic mass is 9.93. The molecule has 2 aliphatic heterocycles. The number of ether oxygens (including phenoxy) is 1. The van der Waals surface area contributed by atoms with E-state index in [1.807, 2.05) is 18.3 Å². The number of methoxy groups -OCH3 is 1. The summed E-state index contributed by atoms with van der Waals surface area (Å²) in [5.74, 6) is 2.51. The topological polar surface area (TPSA) is 63.2 Å². The fourth-order valence-corrected chi connectivity index (χ4v) is 3.68. The van der Waals surface area contributed by atoms with Crippen LogP contribution in [0.4, 0.5) is 0 Å². The number of fused-ring (bicyclic) bond motifs is 2. The molecule has 2 atom stereocenters. The highest BCUT2D eigenvalue weighted by molar-refractivity contribution is 5.99. The van der Waals surface area contributed by atoms with Crippen LogP contribution in [0.15, 0.2) is 58.8 Å². The molecule has 2 heterocycles. The van der Waals surface area contributed by atoms with Crippen molar-refractivity contribution in [2.24, 2.45) is 21.1 Å². The van der Waals surface area contributed by atoms with E-state index in [1.165, 1.54) is 0 Å². The van der Waals surface area contributed by atoms with Crippen LogP contribution in [-0.4, -0.2) is 29.7 Å². The average molecular weight is 348 g/mol. The SMILES string of the molecule is COc1ccc2cc(C3N=C(C(C)(C)C)N4C=CN=C(N)C34)ccc2c1. The molecule has 5 heteroatoms. The molecule has 2 unspecified atom stereocenters. The van der Waals surface area contributed by atoms with E-state index >= 15 is 0 Å². The van der Waals surface area contributed by atoms with Gasteiger partial charge in [-0.05, 0) is 34.5 Å². The van der Waals surface area contributed by atoms with Crippen LogP contribution in [0.25, 0.3) is 10.8 Å². The Hall–Kier alpha value is -2.82. The minimum Gasteiger partial charge on any atom is -0.497 e. The summed E-state index contributed by atoms with van der Waals surface area (Å²) in [6.07, 6.45) is 3.74. The van der Waals surface area contributed by atoms with Gasteiger partial charge in [0.2, 0.25) is 0 Å². The minimum atomic E-state index is -0.0703. The second-order valence-corrected chi connectivity index (χ2v) is 7.82. The lowest BCUT2D eigenvalue weighted by Crippen LogP contribution is -2.47. The van der Waals surface area contributed by atoms with Crippen molar-refractivity contribution >= 4 is 22.4 Å². The number of nitrogens with zero attached hydrogens (tertiary/aromatic N) is 3. The summed E-state index contributed by atoms with van der Waals surface area (Å²) < 4.78 is 5.32. The summed E-state index contributed by atoms with van der Waals surface area (Å²) in [6.45, 7) is 6.52. The molecule has 0 radical (unpaired) electrons. The van der Waals surface area contributed by atoms with Crippen LogP contribution in [-0.2, 0) is 0 Å². The largest absolute Gasteiger partial charge is 0.497 e. The van der Waals surface area contributed by atoms with Gasteiger partial charge in [0.05, 0.1) is 7.11 Å². The van der Waals surface area contributed by atoms with E-state index in [1.54, 1.807) is 13.3 Å². The summed E-state index contributed by atoms with van der Waals surface area (Å²) in [7, 11) is 1.68. The van der Waals surface area contributed by atoms with Crippen molar-refractivity contribution in [3.63, 3.8) is 0 Å². The predicted octanol–water partition coefficient (Wildman–Crippen LogP) is 3.86. The van der Waals surface area contributed by atoms with Gasteiger partial charge in [-0.2, -0.15) is 0 Å². The van der Waals surface area contributed by atoms with E-state index in [4.69, 9.17) is 15.5 Å². The van der Waals surface area contributed by atoms with Crippen LogP contribution >= 0.6 is 0 Å². The van der Waals surface area contributed by atoms with Crippen molar-refractivity contribution in [3.8, 4) is 5.75 Å². The molecular formula is C21H24N4O. The molecule has 0 saturated heterocycles. The van der Waals surface area contributed by atoms with Crippen LogP contribution in [0.1, 0.15) is 32.4 Å². The Kier molecular flexibility index (Phi) is 3.75. The molecule has 2 aliphatic rings. The molecule has 2 aromatic rings. The van der Waals surface area contributed by atoms with Gasteiger partial charge >= 0.3 is 0 Å². The van der Waals surface area contributed by atoms with Gasteiger partial charge in [0.25, 0.3) is 0 Å². The van der Waals surface area contributed by atoms with Gasteiger partial charge < -0.3 is 15.4 Å². The molecule has 2 aromatic carbocycles. The third-order valence-electron chi connectivity index (χ3n) is 4.94. The third kappa shape index (κ3) is 2.64. The number of amidine groups is 2. The zero-order chi connectivity index (χ0) is 18.5. The molecule has 4 rings (SSSR count). The molecule has 0 amide bonds. The Morgan fingerprint density at radius 2 is 1.81 bits per heavy atom. The zero-order valence-corrected chi connectivity index (χ0v) is 15.6. The van der Waals surface area contributed by atoms with E-state index < -0.39 is 0 Å². The van der Waals surface area contributed by atoms with Gasteiger partial charge in [-0.25, -0.2) is 4.99 Å². The average Bonchev–Trinajstić information content (AvgIpc) is 3.02. The van der Waals surface area contributed by atoms with E-state index in [9.17, 15) is 0 Å². The predicted molar refractivity (Wildman–Crippen MR) is 107 cm³/mol. The fraction of sp³-hybridized carbons (Fsp3) is 0.333. The van der Waals surface area contributed by atoms with Crippen LogP contribution in [0, 0.1) is 5.41 Å². The summed E-state index contributed by atoms with van der Waals surface area (Å²) in [6, 6.07) is 12.4. The maximum absolute atomic E-state index is 6.27. The Morgan fingerprint density at radius 3 is 2.54 bits per heavy atom. The summed E-state index contributed by atoms with van der Waals surface area (Å²) in [5.41, 5.74) is 7.34. The van der Waals surface area contributed by atoms with E-state index in [2.05, 4.69) is 54.9 Å². The third-order valence-corrected chi connectivity index (χ3v) is 4.94. The highest BCUT2D eigenvalue weighted by Crippen LogP contribution is 2.39. The Balaban J connectivity index is 1.80. The Labute approximate surface area is 153 Å². The van der Waals surface area contributed by atoms with Crippen molar-refractivity contribution in [1.82, 2.24) is 4.90 Å². The number of benzene rings is 2. The van der Waals surface area contributed by atoms with Crippen molar-refractivity contribution in [2.75, 3.05) is 7.11 Å². The number of hydrogen-bond donors (Lipinski definition) is 1. The lowest BCUT2D eigenvalue weighted by molar-refractivity contribution is 0.415. The first-order valence-electron chi connectivity index (χ1n) is 8.82. The van der Waals surface area contributed by atoms with Crippen molar-refractivity contribution < 1.29 is 4.74 Å². The van der Waals surface area contributed by atoms with Crippen LogP contribution in [0.5, 0.6) is 5.75 Å². The molecule has 5 nitrogen and oxygen atoms in total. The fourth-order valence-electron chi connectivity index (χ4n) is 3.68. The summed E-state index contributed by atoms with van der Waals surface area (Å²) in [5, 5.41) is 2.31. The Morgan fingerprint density at radius 1 is 1.08 bits per heavy atom. The second-order valence-electron chi connectivity index (χ2n) is 7.82. The molecule has 0 fully saturated rings. The second kappa shape index (κ2) is 5.87. The van der Waals surface area contributed by atoms with Gasteiger partial charge in [-0.1, -0.05) is 39.0 Å². The minimum absolute atomic E-state index is 0.0649. The maximum atomic E-state index is 6.27. The molecule has 0 spiro atoms. The van der Waals surface area contributed by atoms with Gasteiger partial charge in [-0.15, -0.1) is 0 Å². The van der Waals surface area contributed by atoms with Gasteiger partial charge in [-0.3, -0.25) is 4.99 Å².